The van der Waals surface area contributed by atoms with E-state index in [9.17, 15) is 9.59 Å². The van der Waals surface area contributed by atoms with Gasteiger partial charge in [-0.2, -0.15) is 11.3 Å². The van der Waals surface area contributed by atoms with Gasteiger partial charge in [0.2, 0.25) is 5.91 Å². The Labute approximate surface area is 162 Å². The Morgan fingerprint density at radius 3 is 2.56 bits per heavy atom. The lowest BCUT2D eigenvalue weighted by Crippen LogP contribution is -2.35. The first kappa shape index (κ1) is 18.8. The molecule has 0 fully saturated rings. The molecule has 2 amide bonds. The predicted octanol–water partition coefficient (Wildman–Crippen LogP) is 3.51. The van der Waals surface area contributed by atoms with E-state index in [1.807, 2.05) is 53.9 Å². The van der Waals surface area contributed by atoms with E-state index >= 15 is 0 Å². The minimum atomic E-state index is -0.271. The quantitative estimate of drug-likeness (QED) is 0.683. The van der Waals surface area contributed by atoms with Crippen LogP contribution in [0.3, 0.4) is 0 Å². The van der Waals surface area contributed by atoms with Gasteiger partial charge in [0, 0.05) is 37.2 Å². The number of aromatic nitrogens is 1. The molecule has 2 heterocycles. The van der Waals surface area contributed by atoms with Crippen molar-refractivity contribution in [1.82, 2.24) is 15.2 Å². The van der Waals surface area contributed by atoms with Crippen LogP contribution in [0, 0.1) is 0 Å². The van der Waals surface area contributed by atoms with Gasteiger partial charge in [-0.05, 0) is 29.1 Å². The summed E-state index contributed by atoms with van der Waals surface area (Å²) in [4.78, 5) is 30.9. The molecular formula is C21H21N3O2S. The summed E-state index contributed by atoms with van der Waals surface area (Å²) in [6.07, 6.45) is 1.95. The van der Waals surface area contributed by atoms with Crippen molar-refractivity contribution in [3.05, 3.63) is 88.4 Å². The first-order chi connectivity index (χ1) is 13.2. The highest BCUT2D eigenvalue weighted by Crippen LogP contribution is 2.26. The van der Waals surface area contributed by atoms with Crippen molar-refractivity contribution < 1.29 is 9.59 Å². The summed E-state index contributed by atoms with van der Waals surface area (Å²) in [5.41, 5.74) is 2.42. The first-order valence-corrected chi connectivity index (χ1v) is 9.63. The minimum absolute atomic E-state index is 0.0554. The third kappa shape index (κ3) is 4.80. The molecule has 0 aliphatic carbocycles. The van der Waals surface area contributed by atoms with E-state index in [1.54, 1.807) is 29.6 Å². The van der Waals surface area contributed by atoms with Crippen LogP contribution in [0.15, 0.2) is 71.6 Å². The van der Waals surface area contributed by atoms with Crippen LogP contribution in [0.2, 0.25) is 0 Å². The van der Waals surface area contributed by atoms with Gasteiger partial charge in [-0.3, -0.25) is 14.6 Å². The molecule has 27 heavy (non-hydrogen) atoms. The Bertz CT molecular complexity index is 827. The van der Waals surface area contributed by atoms with Gasteiger partial charge in [0.1, 0.15) is 0 Å². The number of carbonyl (C=O) groups is 2. The summed E-state index contributed by atoms with van der Waals surface area (Å²) in [7, 11) is 1.77. The van der Waals surface area contributed by atoms with Crippen LogP contribution in [0.5, 0.6) is 0 Å². The molecule has 0 bridgehead atoms. The van der Waals surface area contributed by atoms with Gasteiger partial charge >= 0.3 is 0 Å². The fourth-order valence-corrected chi connectivity index (χ4v) is 3.50. The highest BCUT2D eigenvalue weighted by Gasteiger charge is 2.24. The van der Waals surface area contributed by atoms with Crippen LogP contribution in [0.25, 0.3) is 0 Å². The number of hydrogen-bond donors (Lipinski definition) is 1. The number of benzene rings is 1. The molecule has 0 spiro atoms. The second-order valence-corrected chi connectivity index (χ2v) is 6.87. The van der Waals surface area contributed by atoms with Crippen molar-refractivity contribution in [1.29, 1.82) is 0 Å². The molecule has 138 valence electrons. The van der Waals surface area contributed by atoms with E-state index in [0.29, 0.717) is 12.1 Å². The number of rotatable bonds is 7. The molecule has 0 aliphatic rings. The van der Waals surface area contributed by atoms with Crippen molar-refractivity contribution in [2.24, 2.45) is 0 Å². The molecule has 1 unspecified atom stereocenters. The standard InChI is InChI=1S/C21H21N3O2S/c1-24(19(25)10-13-23-21(26)17-11-14-27-15-17)20(16-7-3-2-4-8-16)18-9-5-6-12-22-18/h2-9,11-12,14-15,20H,10,13H2,1H3,(H,23,26). The monoisotopic (exact) mass is 379 g/mol. The minimum Gasteiger partial charge on any atom is -0.351 e. The van der Waals surface area contributed by atoms with Crippen molar-refractivity contribution in [3.8, 4) is 0 Å². The van der Waals surface area contributed by atoms with E-state index in [-0.39, 0.29) is 24.3 Å². The van der Waals surface area contributed by atoms with E-state index < -0.39 is 0 Å². The van der Waals surface area contributed by atoms with Gasteiger partial charge in [0.15, 0.2) is 0 Å². The highest BCUT2D eigenvalue weighted by molar-refractivity contribution is 7.08. The summed E-state index contributed by atoms with van der Waals surface area (Å²) in [5, 5.41) is 6.43. The van der Waals surface area contributed by atoms with Gasteiger partial charge < -0.3 is 10.2 Å². The molecule has 3 rings (SSSR count). The molecule has 3 aromatic rings. The van der Waals surface area contributed by atoms with E-state index in [0.717, 1.165) is 11.3 Å². The average Bonchev–Trinajstić information content (AvgIpc) is 3.24. The van der Waals surface area contributed by atoms with Gasteiger partial charge in [-0.1, -0.05) is 36.4 Å². The number of pyridine rings is 1. The van der Waals surface area contributed by atoms with Crippen LogP contribution in [-0.4, -0.2) is 35.3 Å². The van der Waals surface area contributed by atoms with Gasteiger partial charge in [-0.15, -0.1) is 0 Å². The predicted molar refractivity (Wildman–Crippen MR) is 107 cm³/mol. The molecular weight excluding hydrogens is 358 g/mol. The molecule has 0 saturated heterocycles. The number of hydrogen-bond acceptors (Lipinski definition) is 4. The average molecular weight is 379 g/mol. The van der Waals surface area contributed by atoms with E-state index in [4.69, 9.17) is 0 Å². The van der Waals surface area contributed by atoms with E-state index in [2.05, 4.69) is 10.3 Å². The summed E-state index contributed by atoms with van der Waals surface area (Å²) in [6.45, 7) is 0.293. The molecule has 1 atom stereocenters. The Hall–Kier alpha value is -2.99. The number of amides is 2. The van der Waals surface area contributed by atoms with Gasteiger partial charge in [0.25, 0.3) is 5.91 Å². The van der Waals surface area contributed by atoms with Crippen LogP contribution in [-0.2, 0) is 4.79 Å². The van der Waals surface area contributed by atoms with Crippen molar-refractivity contribution in [2.45, 2.75) is 12.5 Å². The SMILES string of the molecule is CN(C(=O)CCNC(=O)c1ccsc1)C(c1ccccc1)c1ccccn1. The smallest absolute Gasteiger partial charge is 0.252 e. The molecule has 0 saturated carbocycles. The second-order valence-electron chi connectivity index (χ2n) is 6.09. The summed E-state index contributed by atoms with van der Waals surface area (Å²) in [6, 6.07) is 17.0. The zero-order chi connectivity index (χ0) is 19.1. The zero-order valence-corrected chi connectivity index (χ0v) is 15.9. The second kappa shape index (κ2) is 9.09. The van der Waals surface area contributed by atoms with Crippen LogP contribution >= 0.6 is 11.3 Å². The fourth-order valence-electron chi connectivity index (χ4n) is 2.86. The van der Waals surface area contributed by atoms with Crippen LogP contribution < -0.4 is 5.32 Å². The third-order valence-corrected chi connectivity index (χ3v) is 4.95. The Morgan fingerprint density at radius 1 is 1.11 bits per heavy atom. The van der Waals surface area contributed by atoms with Gasteiger partial charge in [0.05, 0.1) is 11.7 Å². The maximum absolute atomic E-state index is 12.7. The molecule has 6 heteroatoms. The maximum Gasteiger partial charge on any atom is 0.252 e. The summed E-state index contributed by atoms with van der Waals surface area (Å²) >= 11 is 1.47. The van der Waals surface area contributed by atoms with Crippen molar-refractivity contribution in [3.63, 3.8) is 0 Å². The summed E-state index contributed by atoms with van der Waals surface area (Å²) in [5.74, 6) is -0.212. The Morgan fingerprint density at radius 2 is 1.89 bits per heavy atom. The van der Waals surface area contributed by atoms with Crippen molar-refractivity contribution >= 4 is 23.2 Å². The third-order valence-electron chi connectivity index (χ3n) is 4.27. The lowest BCUT2D eigenvalue weighted by molar-refractivity contribution is -0.131. The topological polar surface area (TPSA) is 62.3 Å². The molecule has 1 N–H and O–H groups in total. The fraction of sp³-hybridized carbons (Fsp3) is 0.190. The molecule has 1 aromatic carbocycles. The molecule has 5 nitrogen and oxygen atoms in total. The largest absolute Gasteiger partial charge is 0.351 e. The van der Waals surface area contributed by atoms with Crippen molar-refractivity contribution in [2.75, 3.05) is 13.6 Å². The van der Waals surface area contributed by atoms with E-state index in [1.165, 1.54) is 11.3 Å². The number of thiophene rings is 1. The van der Waals surface area contributed by atoms with Crippen LogP contribution in [0.4, 0.5) is 0 Å². The summed E-state index contributed by atoms with van der Waals surface area (Å²) < 4.78 is 0. The highest BCUT2D eigenvalue weighted by atomic mass is 32.1. The Kier molecular flexibility index (Phi) is 6.33. The normalized spacial score (nSPS) is 11.6. The number of nitrogens with one attached hydrogen (secondary N) is 1. The number of carbonyl (C=O) groups excluding carboxylic acids is 2. The molecule has 0 aliphatic heterocycles. The lowest BCUT2D eigenvalue weighted by Gasteiger charge is -2.28. The zero-order valence-electron chi connectivity index (χ0n) is 15.0. The van der Waals surface area contributed by atoms with Crippen LogP contribution in [0.1, 0.15) is 34.1 Å². The molecule has 0 radical (unpaired) electrons. The molecule has 2 aromatic heterocycles. The lowest BCUT2D eigenvalue weighted by atomic mass is 10.0. The Balaban J connectivity index is 1.67. The first-order valence-electron chi connectivity index (χ1n) is 8.68. The maximum atomic E-state index is 12.7. The number of nitrogens with zero attached hydrogens (tertiary/aromatic N) is 2. The van der Waals surface area contributed by atoms with Gasteiger partial charge in [-0.25, -0.2) is 0 Å².